The van der Waals surface area contributed by atoms with Crippen molar-refractivity contribution in [1.82, 2.24) is 0 Å². The molecule has 0 radical (unpaired) electrons. The van der Waals surface area contributed by atoms with Gasteiger partial charge in [-0.15, -0.1) is 0 Å². The van der Waals surface area contributed by atoms with Crippen molar-refractivity contribution in [1.29, 1.82) is 0 Å². The number of hydrogen-bond acceptors (Lipinski definition) is 2. The molecule has 2 N–H and O–H groups in total. The van der Waals surface area contributed by atoms with Crippen molar-refractivity contribution in [2.24, 2.45) is 11.1 Å². The van der Waals surface area contributed by atoms with Gasteiger partial charge in [0.25, 0.3) is 0 Å². The zero-order valence-corrected chi connectivity index (χ0v) is 10.2. The first-order chi connectivity index (χ1) is 7.54. The van der Waals surface area contributed by atoms with Gasteiger partial charge in [-0.05, 0) is 42.5 Å². The molecule has 1 aromatic carbocycles. The predicted molar refractivity (Wildman–Crippen MR) is 64.1 cm³/mol. The summed E-state index contributed by atoms with van der Waals surface area (Å²) in [6.07, 6.45) is 1.78. The molecule has 1 aromatic rings. The third kappa shape index (κ3) is 2.95. The SMILES string of the molecule is CCC(C)(CN)Cc1ccc(OC)c(F)c1. The van der Waals surface area contributed by atoms with Crippen LogP contribution >= 0.6 is 0 Å². The van der Waals surface area contributed by atoms with Crippen molar-refractivity contribution in [3.05, 3.63) is 29.6 Å². The van der Waals surface area contributed by atoms with Crippen molar-refractivity contribution < 1.29 is 9.13 Å². The lowest BCUT2D eigenvalue weighted by molar-refractivity contribution is 0.319. The Kier molecular flexibility index (Phi) is 4.30. The zero-order chi connectivity index (χ0) is 12.2. The predicted octanol–water partition coefficient (Wildman–Crippen LogP) is 2.75. The van der Waals surface area contributed by atoms with E-state index in [4.69, 9.17) is 10.5 Å². The molecule has 0 aromatic heterocycles. The summed E-state index contributed by atoms with van der Waals surface area (Å²) < 4.78 is 18.4. The fourth-order valence-corrected chi connectivity index (χ4v) is 1.65. The molecule has 0 aliphatic rings. The van der Waals surface area contributed by atoms with E-state index in [1.807, 2.05) is 6.07 Å². The van der Waals surface area contributed by atoms with Gasteiger partial charge in [-0.25, -0.2) is 4.39 Å². The zero-order valence-electron chi connectivity index (χ0n) is 10.2. The lowest BCUT2D eigenvalue weighted by Gasteiger charge is -2.26. The number of ether oxygens (including phenoxy) is 1. The van der Waals surface area contributed by atoms with E-state index in [2.05, 4.69) is 13.8 Å². The average Bonchev–Trinajstić information content (AvgIpc) is 2.29. The Morgan fingerprint density at radius 1 is 1.44 bits per heavy atom. The van der Waals surface area contributed by atoms with Crippen LogP contribution in [0.25, 0.3) is 0 Å². The molecule has 0 aliphatic carbocycles. The normalized spacial score (nSPS) is 14.6. The first kappa shape index (κ1) is 13.0. The Labute approximate surface area is 96.6 Å². The molecule has 0 heterocycles. The minimum Gasteiger partial charge on any atom is -0.494 e. The summed E-state index contributed by atoms with van der Waals surface area (Å²) in [5.74, 6) is -0.0230. The van der Waals surface area contributed by atoms with Crippen molar-refractivity contribution >= 4 is 0 Å². The van der Waals surface area contributed by atoms with Crippen molar-refractivity contribution in [2.45, 2.75) is 26.7 Å². The van der Waals surface area contributed by atoms with E-state index in [1.54, 1.807) is 6.07 Å². The molecule has 1 unspecified atom stereocenters. The van der Waals surface area contributed by atoms with E-state index in [0.29, 0.717) is 6.54 Å². The molecule has 0 amide bonds. The standard InChI is InChI=1S/C13H20FNO/c1-4-13(2,9-15)8-10-5-6-12(16-3)11(14)7-10/h5-7H,4,8-9,15H2,1-3H3. The maximum Gasteiger partial charge on any atom is 0.165 e. The highest BCUT2D eigenvalue weighted by molar-refractivity contribution is 5.29. The van der Waals surface area contributed by atoms with Crippen LogP contribution in [0.2, 0.25) is 0 Å². The van der Waals surface area contributed by atoms with Gasteiger partial charge in [-0.1, -0.05) is 19.9 Å². The summed E-state index contributed by atoms with van der Waals surface area (Å²) >= 11 is 0. The number of nitrogens with two attached hydrogens (primary N) is 1. The molecule has 0 aliphatic heterocycles. The smallest absolute Gasteiger partial charge is 0.165 e. The average molecular weight is 225 g/mol. The van der Waals surface area contributed by atoms with Crippen LogP contribution in [0.5, 0.6) is 5.75 Å². The van der Waals surface area contributed by atoms with Gasteiger partial charge in [0.05, 0.1) is 7.11 Å². The summed E-state index contributed by atoms with van der Waals surface area (Å²) in [4.78, 5) is 0. The highest BCUT2D eigenvalue weighted by Crippen LogP contribution is 2.27. The topological polar surface area (TPSA) is 35.2 Å². The Balaban J connectivity index is 2.86. The Hall–Kier alpha value is -1.09. The molecule has 90 valence electrons. The van der Waals surface area contributed by atoms with Gasteiger partial charge >= 0.3 is 0 Å². The summed E-state index contributed by atoms with van der Waals surface area (Å²) in [5, 5.41) is 0. The van der Waals surface area contributed by atoms with Gasteiger partial charge in [0, 0.05) is 0 Å². The van der Waals surface area contributed by atoms with Crippen LogP contribution in [0.3, 0.4) is 0 Å². The van der Waals surface area contributed by atoms with Crippen LogP contribution in [0.4, 0.5) is 4.39 Å². The van der Waals surface area contributed by atoms with Crippen molar-refractivity contribution in [3.8, 4) is 5.75 Å². The van der Waals surface area contributed by atoms with E-state index in [1.165, 1.54) is 13.2 Å². The van der Waals surface area contributed by atoms with E-state index in [9.17, 15) is 4.39 Å². The summed E-state index contributed by atoms with van der Waals surface area (Å²) in [6.45, 7) is 4.83. The summed E-state index contributed by atoms with van der Waals surface area (Å²) in [5.41, 5.74) is 6.75. The van der Waals surface area contributed by atoms with Gasteiger partial charge in [0.1, 0.15) is 0 Å². The number of halogens is 1. The van der Waals surface area contributed by atoms with Crippen molar-refractivity contribution in [2.75, 3.05) is 13.7 Å². The van der Waals surface area contributed by atoms with Gasteiger partial charge in [0.15, 0.2) is 11.6 Å². The number of benzene rings is 1. The van der Waals surface area contributed by atoms with Crippen LogP contribution < -0.4 is 10.5 Å². The Morgan fingerprint density at radius 2 is 2.12 bits per heavy atom. The first-order valence-corrected chi connectivity index (χ1v) is 5.57. The molecule has 0 fully saturated rings. The van der Waals surface area contributed by atoms with Crippen LogP contribution in [0, 0.1) is 11.2 Å². The molecule has 0 saturated carbocycles. The third-order valence-corrected chi connectivity index (χ3v) is 3.19. The molecule has 0 saturated heterocycles. The van der Waals surface area contributed by atoms with Gasteiger partial charge in [0.2, 0.25) is 0 Å². The van der Waals surface area contributed by atoms with Gasteiger partial charge < -0.3 is 10.5 Å². The van der Waals surface area contributed by atoms with E-state index < -0.39 is 0 Å². The van der Waals surface area contributed by atoms with Crippen LogP contribution in [-0.4, -0.2) is 13.7 Å². The second-order valence-electron chi connectivity index (χ2n) is 4.51. The molecular formula is C13H20FNO. The maximum absolute atomic E-state index is 13.5. The van der Waals surface area contributed by atoms with E-state index in [-0.39, 0.29) is 17.0 Å². The first-order valence-electron chi connectivity index (χ1n) is 5.57. The van der Waals surface area contributed by atoms with Crippen LogP contribution in [0.15, 0.2) is 18.2 Å². The van der Waals surface area contributed by atoms with Crippen molar-refractivity contribution in [3.63, 3.8) is 0 Å². The number of hydrogen-bond donors (Lipinski definition) is 1. The second kappa shape index (κ2) is 5.30. The third-order valence-electron chi connectivity index (χ3n) is 3.19. The maximum atomic E-state index is 13.5. The van der Waals surface area contributed by atoms with Crippen LogP contribution in [0.1, 0.15) is 25.8 Å². The molecule has 2 nitrogen and oxygen atoms in total. The Bertz CT molecular complexity index is 348. The Morgan fingerprint density at radius 3 is 2.56 bits per heavy atom. The monoisotopic (exact) mass is 225 g/mol. The molecule has 1 rings (SSSR count). The van der Waals surface area contributed by atoms with Gasteiger partial charge in [-0.2, -0.15) is 0 Å². The van der Waals surface area contributed by atoms with Crippen LogP contribution in [-0.2, 0) is 6.42 Å². The summed E-state index contributed by atoms with van der Waals surface area (Å²) in [6, 6.07) is 5.09. The number of methoxy groups -OCH3 is 1. The van der Waals surface area contributed by atoms with E-state index in [0.717, 1.165) is 18.4 Å². The quantitative estimate of drug-likeness (QED) is 0.836. The fourth-order valence-electron chi connectivity index (χ4n) is 1.65. The molecule has 0 bridgehead atoms. The number of rotatable bonds is 5. The van der Waals surface area contributed by atoms with Gasteiger partial charge in [-0.3, -0.25) is 0 Å². The lowest BCUT2D eigenvalue weighted by atomic mass is 9.81. The largest absolute Gasteiger partial charge is 0.494 e. The molecular weight excluding hydrogens is 205 g/mol. The molecule has 16 heavy (non-hydrogen) atoms. The minimum atomic E-state index is -0.310. The lowest BCUT2D eigenvalue weighted by Crippen LogP contribution is -2.28. The highest BCUT2D eigenvalue weighted by atomic mass is 19.1. The second-order valence-corrected chi connectivity index (χ2v) is 4.51. The minimum absolute atomic E-state index is 0.0427. The van der Waals surface area contributed by atoms with E-state index >= 15 is 0 Å². The molecule has 3 heteroatoms. The fraction of sp³-hybridized carbons (Fsp3) is 0.538. The summed E-state index contributed by atoms with van der Waals surface area (Å²) in [7, 11) is 1.47. The molecule has 0 spiro atoms. The molecule has 1 atom stereocenters. The highest BCUT2D eigenvalue weighted by Gasteiger charge is 2.21.